The number of nitrogens with two attached hydrogens (primary N) is 1. The summed E-state index contributed by atoms with van der Waals surface area (Å²) >= 11 is 1.76. The number of fused-ring (bicyclic) bond motifs is 1. The fourth-order valence-corrected chi connectivity index (χ4v) is 3.16. The summed E-state index contributed by atoms with van der Waals surface area (Å²) in [5.74, 6) is 1.05. The van der Waals surface area contributed by atoms with E-state index in [1.807, 2.05) is 25.2 Å². The minimum Gasteiger partial charge on any atom is -0.344 e. The standard InChI is InChI=1S/C12H16N2OS/c1-14(7-6-13)12(15)10-8-16-11-5-3-2-4-9(10)11/h2-5,10H,6-8,13H2,1H3. The van der Waals surface area contributed by atoms with Crippen LogP contribution < -0.4 is 5.73 Å². The predicted molar refractivity (Wildman–Crippen MR) is 66.6 cm³/mol. The number of likely N-dealkylation sites (N-methyl/N-ethyl adjacent to an activating group) is 1. The molecule has 86 valence electrons. The molecule has 1 unspecified atom stereocenters. The number of amides is 1. The summed E-state index contributed by atoms with van der Waals surface area (Å²) < 4.78 is 0. The maximum atomic E-state index is 12.2. The number of rotatable bonds is 3. The molecule has 0 saturated carbocycles. The molecule has 2 N–H and O–H groups in total. The third kappa shape index (κ3) is 2.08. The molecule has 1 amide bonds. The Hall–Kier alpha value is -1.00. The highest BCUT2D eigenvalue weighted by Crippen LogP contribution is 2.39. The van der Waals surface area contributed by atoms with Crippen LogP contribution >= 0.6 is 11.8 Å². The van der Waals surface area contributed by atoms with Crippen molar-refractivity contribution in [2.24, 2.45) is 5.73 Å². The van der Waals surface area contributed by atoms with Gasteiger partial charge in [-0.2, -0.15) is 0 Å². The molecule has 3 nitrogen and oxygen atoms in total. The van der Waals surface area contributed by atoms with Gasteiger partial charge in [-0.3, -0.25) is 4.79 Å². The first-order valence-electron chi connectivity index (χ1n) is 5.41. The number of thioether (sulfide) groups is 1. The lowest BCUT2D eigenvalue weighted by Crippen LogP contribution is -2.35. The van der Waals surface area contributed by atoms with Crippen LogP contribution in [0.2, 0.25) is 0 Å². The molecule has 1 aromatic rings. The molecule has 0 fully saturated rings. The van der Waals surface area contributed by atoms with E-state index in [2.05, 4.69) is 6.07 Å². The van der Waals surface area contributed by atoms with Gasteiger partial charge in [0.05, 0.1) is 5.92 Å². The molecule has 1 aliphatic heterocycles. The van der Waals surface area contributed by atoms with Crippen LogP contribution in [0.4, 0.5) is 0 Å². The number of nitrogens with zero attached hydrogens (tertiary/aromatic N) is 1. The number of hydrogen-bond acceptors (Lipinski definition) is 3. The van der Waals surface area contributed by atoms with Crippen molar-refractivity contribution in [3.8, 4) is 0 Å². The van der Waals surface area contributed by atoms with Crippen LogP contribution in [0, 0.1) is 0 Å². The van der Waals surface area contributed by atoms with Crippen LogP contribution in [0.15, 0.2) is 29.2 Å². The fraction of sp³-hybridized carbons (Fsp3) is 0.417. The monoisotopic (exact) mass is 236 g/mol. The molecule has 1 aromatic carbocycles. The first-order chi connectivity index (χ1) is 7.74. The summed E-state index contributed by atoms with van der Waals surface area (Å²) in [7, 11) is 1.82. The molecule has 1 heterocycles. The Morgan fingerprint density at radius 2 is 2.31 bits per heavy atom. The van der Waals surface area contributed by atoms with Gasteiger partial charge in [0.25, 0.3) is 0 Å². The van der Waals surface area contributed by atoms with Crippen LogP contribution in [-0.2, 0) is 4.79 Å². The summed E-state index contributed by atoms with van der Waals surface area (Å²) in [6, 6.07) is 8.14. The SMILES string of the molecule is CN(CCN)C(=O)C1CSc2ccccc21. The van der Waals surface area contributed by atoms with E-state index in [0.717, 1.165) is 5.75 Å². The van der Waals surface area contributed by atoms with E-state index in [1.54, 1.807) is 16.7 Å². The van der Waals surface area contributed by atoms with E-state index in [1.165, 1.54) is 10.5 Å². The average molecular weight is 236 g/mol. The molecule has 16 heavy (non-hydrogen) atoms. The van der Waals surface area contributed by atoms with E-state index in [4.69, 9.17) is 5.73 Å². The van der Waals surface area contributed by atoms with Gasteiger partial charge in [0.2, 0.25) is 5.91 Å². The van der Waals surface area contributed by atoms with E-state index >= 15 is 0 Å². The molecule has 4 heteroatoms. The molecule has 0 saturated heterocycles. The first-order valence-corrected chi connectivity index (χ1v) is 6.39. The van der Waals surface area contributed by atoms with Crippen molar-refractivity contribution in [2.75, 3.05) is 25.9 Å². The van der Waals surface area contributed by atoms with Crippen molar-refractivity contribution in [2.45, 2.75) is 10.8 Å². The predicted octanol–water partition coefficient (Wildman–Crippen LogP) is 1.29. The van der Waals surface area contributed by atoms with Gasteiger partial charge in [0.15, 0.2) is 0 Å². The molecule has 0 bridgehead atoms. The van der Waals surface area contributed by atoms with E-state index < -0.39 is 0 Å². The zero-order valence-corrected chi connectivity index (χ0v) is 10.2. The Morgan fingerprint density at radius 1 is 1.56 bits per heavy atom. The molecule has 0 aromatic heterocycles. The molecular weight excluding hydrogens is 220 g/mol. The zero-order chi connectivity index (χ0) is 11.5. The Labute approximate surface area is 100.0 Å². The van der Waals surface area contributed by atoms with Gasteiger partial charge in [-0.1, -0.05) is 18.2 Å². The second kappa shape index (κ2) is 4.89. The van der Waals surface area contributed by atoms with E-state index in [9.17, 15) is 4.79 Å². The van der Waals surface area contributed by atoms with Gasteiger partial charge in [0.1, 0.15) is 0 Å². The molecular formula is C12H16N2OS. The van der Waals surface area contributed by atoms with E-state index in [-0.39, 0.29) is 11.8 Å². The summed E-state index contributed by atoms with van der Waals surface area (Å²) in [5.41, 5.74) is 6.63. The fourth-order valence-electron chi connectivity index (χ4n) is 1.94. The number of carbonyl (C=O) groups is 1. The zero-order valence-electron chi connectivity index (χ0n) is 9.35. The van der Waals surface area contributed by atoms with Crippen LogP contribution in [0.25, 0.3) is 0 Å². The lowest BCUT2D eigenvalue weighted by Gasteiger charge is -2.20. The van der Waals surface area contributed by atoms with Crippen molar-refractivity contribution in [1.29, 1.82) is 0 Å². The topological polar surface area (TPSA) is 46.3 Å². The average Bonchev–Trinajstić information content (AvgIpc) is 2.72. The van der Waals surface area contributed by atoms with Crippen LogP contribution in [0.3, 0.4) is 0 Å². The highest BCUT2D eigenvalue weighted by molar-refractivity contribution is 7.99. The quantitative estimate of drug-likeness (QED) is 0.860. The number of hydrogen-bond donors (Lipinski definition) is 1. The molecule has 2 rings (SSSR count). The Balaban J connectivity index is 2.16. The Bertz CT molecular complexity index is 394. The van der Waals surface area contributed by atoms with Gasteiger partial charge in [-0.15, -0.1) is 11.8 Å². The first kappa shape index (κ1) is 11.5. The number of benzene rings is 1. The third-order valence-electron chi connectivity index (χ3n) is 2.84. The molecule has 0 spiro atoms. The highest BCUT2D eigenvalue weighted by atomic mass is 32.2. The number of carbonyl (C=O) groups excluding carboxylic acids is 1. The van der Waals surface area contributed by atoms with Crippen LogP contribution in [-0.4, -0.2) is 36.7 Å². The van der Waals surface area contributed by atoms with Crippen LogP contribution in [0.1, 0.15) is 11.5 Å². The van der Waals surface area contributed by atoms with Crippen molar-refractivity contribution in [3.05, 3.63) is 29.8 Å². The summed E-state index contributed by atoms with van der Waals surface area (Å²) in [6.45, 7) is 1.14. The van der Waals surface area contributed by atoms with Crippen LogP contribution in [0.5, 0.6) is 0 Å². The highest BCUT2D eigenvalue weighted by Gasteiger charge is 2.30. The summed E-state index contributed by atoms with van der Waals surface area (Å²) in [6.07, 6.45) is 0. The van der Waals surface area contributed by atoms with Gasteiger partial charge in [-0.25, -0.2) is 0 Å². The Morgan fingerprint density at radius 3 is 3.06 bits per heavy atom. The van der Waals surface area contributed by atoms with Gasteiger partial charge >= 0.3 is 0 Å². The summed E-state index contributed by atoms with van der Waals surface area (Å²) in [5, 5.41) is 0. The Kier molecular flexibility index (Phi) is 3.51. The lowest BCUT2D eigenvalue weighted by atomic mass is 10.00. The van der Waals surface area contributed by atoms with Gasteiger partial charge < -0.3 is 10.6 Å². The van der Waals surface area contributed by atoms with E-state index in [0.29, 0.717) is 13.1 Å². The van der Waals surface area contributed by atoms with Crippen molar-refractivity contribution < 1.29 is 4.79 Å². The molecule has 1 aliphatic rings. The maximum Gasteiger partial charge on any atom is 0.230 e. The lowest BCUT2D eigenvalue weighted by molar-refractivity contribution is -0.130. The second-order valence-electron chi connectivity index (χ2n) is 3.95. The molecule has 0 radical (unpaired) electrons. The minimum absolute atomic E-state index is 0.0118. The van der Waals surface area contributed by atoms with Crippen molar-refractivity contribution >= 4 is 17.7 Å². The largest absolute Gasteiger partial charge is 0.344 e. The molecule has 1 atom stereocenters. The van der Waals surface area contributed by atoms with Crippen molar-refractivity contribution in [1.82, 2.24) is 4.90 Å². The normalized spacial score (nSPS) is 18.2. The molecule has 0 aliphatic carbocycles. The minimum atomic E-state index is 0.0118. The smallest absolute Gasteiger partial charge is 0.230 e. The second-order valence-corrected chi connectivity index (χ2v) is 5.01. The summed E-state index contributed by atoms with van der Waals surface area (Å²) in [4.78, 5) is 15.1. The maximum absolute atomic E-state index is 12.2. The van der Waals surface area contributed by atoms with Gasteiger partial charge in [0, 0.05) is 30.8 Å². The van der Waals surface area contributed by atoms with Gasteiger partial charge in [-0.05, 0) is 11.6 Å². The third-order valence-corrected chi connectivity index (χ3v) is 4.02. The van der Waals surface area contributed by atoms with Crippen molar-refractivity contribution in [3.63, 3.8) is 0 Å².